The molecule has 0 aliphatic carbocycles. The van der Waals surface area contributed by atoms with Crippen LogP contribution in [-0.4, -0.2) is 13.4 Å². The third-order valence-corrected chi connectivity index (χ3v) is 2.33. The fourth-order valence-corrected chi connectivity index (χ4v) is 1.61. The van der Waals surface area contributed by atoms with Crippen molar-refractivity contribution in [2.45, 2.75) is 13.8 Å². The van der Waals surface area contributed by atoms with Crippen LogP contribution in [0.5, 0.6) is 5.75 Å². The van der Waals surface area contributed by atoms with Crippen LogP contribution in [-0.2, 0) is 0 Å². The van der Waals surface area contributed by atoms with E-state index in [1.54, 1.807) is 7.11 Å². The SMILES string of the molecule is COc1cc(/C=C(\C)Br)c(C)cc1C=O. The second kappa shape index (κ2) is 5.12. The summed E-state index contributed by atoms with van der Waals surface area (Å²) in [4.78, 5) is 10.8. The van der Waals surface area contributed by atoms with E-state index < -0.39 is 0 Å². The van der Waals surface area contributed by atoms with Crippen molar-refractivity contribution in [3.05, 3.63) is 33.3 Å². The van der Waals surface area contributed by atoms with Crippen LogP contribution in [0, 0.1) is 6.92 Å². The fourth-order valence-electron chi connectivity index (χ4n) is 1.36. The van der Waals surface area contributed by atoms with Crippen LogP contribution in [0.1, 0.15) is 28.4 Å². The van der Waals surface area contributed by atoms with Gasteiger partial charge in [-0.2, -0.15) is 0 Å². The van der Waals surface area contributed by atoms with Crippen molar-refractivity contribution in [3.63, 3.8) is 0 Å². The number of benzene rings is 1. The molecule has 0 bridgehead atoms. The monoisotopic (exact) mass is 268 g/mol. The van der Waals surface area contributed by atoms with E-state index in [1.165, 1.54) is 0 Å². The molecule has 0 aromatic heterocycles. The first-order valence-corrected chi connectivity index (χ1v) is 5.35. The minimum absolute atomic E-state index is 0.583. The van der Waals surface area contributed by atoms with Gasteiger partial charge in [0.1, 0.15) is 5.75 Å². The Morgan fingerprint density at radius 1 is 1.40 bits per heavy atom. The van der Waals surface area contributed by atoms with Gasteiger partial charge in [-0.3, -0.25) is 4.79 Å². The first kappa shape index (κ1) is 12.0. The molecule has 0 atom stereocenters. The summed E-state index contributed by atoms with van der Waals surface area (Å²) in [5.74, 6) is 0.607. The van der Waals surface area contributed by atoms with Crippen LogP contribution >= 0.6 is 15.9 Å². The molecule has 0 spiro atoms. The van der Waals surface area contributed by atoms with Gasteiger partial charge >= 0.3 is 0 Å². The smallest absolute Gasteiger partial charge is 0.153 e. The summed E-state index contributed by atoms with van der Waals surface area (Å²) in [7, 11) is 1.56. The van der Waals surface area contributed by atoms with E-state index >= 15 is 0 Å². The Labute approximate surface area is 98.1 Å². The highest BCUT2D eigenvalue weighted by molar-refractivity contribution is 9.11. The Balaban J connectivity index is 3.31. The number of carbonyl (C=O) groups is 1. The zero-order valence-corrected chi connectivity index (χ0v) is 10.6. The fraction of sp³-hybridized carbons (Fsp3) is 0.250. The number of halogens is 1. The van der Waals surface area contributed by atoms with Gasteiger partial charge in [-0.05, 0) is 47.7 Å². The summed E-state index contributed by atoms with van der Waals surface area (Å²) < 4.78 is 6.17. The van der Waals surface area contributed by atoms with Gasteiger partial charge in [0.15, 0.2) is 6.29 Å². The molecule has 0 saturated heterocycles. The van der Waals surface area contributed by atoms with E-state index in [9.17, 15) is 4.79 Å². The molecule has 0 unspecified atom stereocenters. The number of carbonyl (C=O) groups excluding carboxylic acids is 1. The lowest BCUT2D eigenvalue weighted by atomic mass is 10.0. The Kier molecular flexibility index (Phi) is 4.09. The Bertz CT molecular complexity index is 404. The third kappa shape index (κ3) is 2.93. The molecule has 0 saturated carbocycles. The summed E-state index contributed by atoms with van der Waals surface area (Å²) in [5, 5.41) is 0. The van der Waals surface area contributed by atoms with Crippen LogP contribution in [0.3, 0.4) is 0 Å². The molecular formula is C12H13BrO2. The van der Waals surface area contributed by atoms with Crippen molar-refractivity contribution in [2.24, 2.45) is 0 Å². The van der Waals surface area contributed by atoms with E-state index in [0.29, 0.717) is 11.3 Å². The van der Waals surface area contributed by atoms with E-state index in [2.05, 4.69) is 15.9 Å². The molecule has 0 amide bonds. The maximum absolute atomic E-state index is 10.8. The number of rotatable bonds is 3. The molecule has 15 heavy (non-hydrogen) atoms. The van der Waals surface area contributed by atoms with Crippen LogP contribution in [0.25, 0.3) is 6.08 Å². The number of aldehydes is 1. The highest BCUT2D eigenvalue weighted by Gasteiger charge is 2.05. The highest BCUT2D eigenvalue weighted by Crippen LogP contribution is 2.24. The van der Waals surface area contributed by atoms with Crippen molar-refractivity contribution in [2.75, 3.05) is 7.11 Å². The van der Waals surface area contributed by atoms with E-state index in [-0.39, 0.29) is 0 Å². The molecule has 1 aromatic carbocycles. The predicted octanol–water partition coefficient (Wildman–Crippen LogP) is 3.57. The normalized spacial score (nSPS) is 11.3. The maximum atomic E-state index is 10.8. The molecule has 3 heteroatoms. The van der Waals surface area contributed by atoms with Gasteiger partial charge in [0, 0.05) is 0 Å². The van der Waals surface area contributed by atoms with Crippen molar-refractivity contribution < 1.29 is 9.53 Å². The molecule has 2 nitrogen and oxygen atoms in total. The van der Waals surface area contributed by atoms with Crippen molar-refractivity contribution >= 4 is 28.3 Å². The average Bonchev–Trinajstić information content (AvgIpc) is 2.19. The van der Waals surface area contributed by atoms with E-state index in [1.807, 2.05) is 32.1 Å². The van der Waals surface area contributed by atoms with Gasteiger partial charge in [0.05, 0.1) is 12.7 Å². The van der Waals surface area contributed by atoms with Crippen LogP contribution in [0.2, 0.25) is 0 Å². The topological polar surface area (TPSA) is 26.3 Å². The van der Waals surface area contributed by atoms with Gasteiger partial charge < -0.3 is 4.74 Å². The first-order chi connectivity index (χ1) is 7.08. The molecule has 1 aromatic rings. The molecule has 0 radical (unpaired) electrons. The van der Waals surface area contributed by atoms with Crippen molar-refractivity contribution in [1.82, 2.24) is 0 Å². The number of hydrogen-bond acceptors (Lipinski definition) is 2. The van der Waals surface area contributed by atoms with Gasteiger partial charge in [0.25, 0.3) is 0 Å². The predicted molar refractivity (Wildman–Crippen MR) is 65.7 cm³/mol. The number of ether oxygens (including phenoxy) is 1. The van der Waals surface area contributed by atoms with Crippen LogP contribution < -0.4 is 4.74 Å². The van der Waals surface area contributed by atoms with Gasteiger partial charge in [-0.25, -0.2) is 0 Å². The van der Waals surface area contributed by atoms with Gasteiger partial charge in [-0.15, -0.1) is 0 Å². The summed E-state index contributed by atoms with van der Waals surface area (Å²) in [6.07, 6.45) is 2.80. The lowest BCUT2D eigenvalue weighted by Gasteiger charge is -2.08. The standard InChI is InChI=1S/C12H13BrO2/c1-8-4-11(7-14)12(15-3)6-10(8)5-9(2)13/h4-7H,1-3H3/b9-5+. The highest BCUT2D eigenvalue weighted by atomic mass is 79.9. The molecule has 0 heterocycles. The van der Waals surface area contributed by atoms with Crippen LogP contribution in [0.15, 0.2) is 16.6 Å². The quantitative estimate of drug-likeness (QED) is 0.784. The van der Waals surface area contributed by atoms with E-state index in [0.717, 1.165) is 21.9 Å². The van der Waals surface area contributed by atoms with Gasteiger partial charge in [0.2, 0.25) is 0 Å². The number of aryl methyl sites for hydroxylation is 1. The number of hydrogen-bond donors (Lipinski definition) is 0. The Morgan fingerprint density at radius 3 is 2.53 bits per heavy atom. The molecule has 0 fully saturated rings. The zero-order chi connectivity index (χ0) is 11.4. The van der Waals surface area contributed by atoms with E-state index in [4.69, 9.17) is 4.74 Å². The van der Waals surface area contributed by atoms with Crippen LogP contribution in [0.4, 0.5) is 0 Å². The molecule has 80 valence electrons. The lowest BCUT2D eigenvalue weighted by Crippen LogP contribution is -1.93. The number of allylic oxidation sites excluding steroid dienone is 1. The summed E-state index contributed by atoms with van der Waals surface area (Å²) in [6, 6.07) is 3.69. The van der Waals surface area contributed by atoms with Gasteiger partial charge in [-0.1, -0.05) is 15.9 Å². The molecule has 0 aliphatic rings. The summed E-state index contributed by atoms with van der Waals surface area (Å²) >= 11 is 3.38. The molecule has 0 N–H and O–H groups in total. The minimum atomic E-state index is 0.583. The second-order valence-corrected chi connectivity index (χ2v) is 4.55. The Morgan fingerprint density at radius 2 is 2.07 bits per heavy atom. The first-order valence-electron chi connectivity index (χ1n) is 4.56. The summed E-state index contributed by atoms with van der Waals surface area (Å²) in [5.41, 5.74) is 2.68. The van der Waals surface area contributed by atoms with Crippen molar-refractivity contribution in [3.8, 4) is 5.75 Å². The molecule has 0 aliphatic heterocycles. The minimum Gasteiger partial charge on any atom is -0.496 e. The summed E-state index contributed by atoms with van der Waals surface area (Å²) in [6.45, 7) is 3.92. The molecule has 1 rings (SSSR count). The lowest BCUT2D eigenvalue weighted by molar-refractivity contribution is 0.112. The number of methoxy groups -OCH3 is 1. The third-order valence-electron chi connectivity index (χ3n) is 2.10. The Hall–Kier alpha value is -1.09. The molecular weight excluding hydrogens is 256 g/mol. The average molecular weight is 269 g/mol. The zero-order valence-electron chi connectivity index (χ0n) is 9.00. The maximum Gasteiger partial charge on any atom is 0.153 e. The largest absolute Gasteiger partial charge is 0.496 e. The second-order valence-electron chi connectivity index (χ2n) is 3.30. The van der Waals surface area contributed by atoms with Crippen molar-refractivity contribution in [1.29, 1.82) is 0 Å².